The SMILES string of the molecule is O=C(c1ccccc1)c1ccc2nccnc2n1. The zero-order valence-corrected chi connectivity index (χ0v) is 9.45. The number of rotatable bonds is 2. The topological polar surface area (TPSA) is 55.7 Å². The van der Waals surface area contributed by atoms with Crippen LogP contribution in [0.2, 0.25) is 0 Å². The number of hydrogen-bond donors (Lipinski definition) is 0. The molecule has 18 heavy (non-hydrogen) atoms. The zero-order valence-electron chi connectivity index (χ0n) is 9.45. The molecule has 0 bridgehead atoms. The highest BCUT2D eigenvalue weighted by Crippen LogP contribution is 2.11. The Morgan fingerprint density at radius 2 is 1.67 bits per heavy atom. The molecule has 0 aliphatic heterocycles. The summed E-state index contributed by atoms with van der Waals surface area (Å²) in [5, 5.41) is 0. The Morgan fingerprint density at radius 3 is 2.50 bits per heavy atom. The summed E-state index contributed by atoms with van der Waals surface area (Å²) < 4.78 is 0. The normalized spacial score (nSPS) is 10.4. The van der Waals surface area contributed by atoms with Crippen molar-refractivity contribution in [2.75, 3.05) is 0 Å². The first-order valence-electron chi connectivity index (χ1n) is 5.52. The van der Waals surface area contributed by atoms with E-state index in [1.54, 1.807) is 36.7 Å². The van der Waals surface area contributed by atoms with Crippen molar-refractivity contribution in [2.24, 2.45) is 0 Å². The standard InChI is InChI=1S/C14H9N3O/c18-13(10-4-2-1-3-5-10)11-6-7-12-14(17-11)16-9-8-15-12/h1-9H. The lowest BCUT2D eigenvalue weighted by molar-refractivity contribution is 0.103. The van der Waals surface area contributed by atoms with Gasteiger partial charge in [-0.05, 0) is 12.1 Å². The van der Waals surface area contributed by atoms with E-state index in [9.17, 15) is 4.79 Å². The van der Waals surface area contributed by atoms with Crippen molar-refractivity contribution in [3.05, 3.63) is 66.1 Å². The average Bonchev–Trinajstić information content (AvgIpc) is 2.47. The second-order valence-electron chi connectivity index (χ2n) is 3.79. The van der Waals surface area contributed by atoms with Crippen LogP contribution in [0.5, 0.6) is 0 Å². The maximum atomic E-state index is 12.2. The molecule has 3 aromatic rings. The third-order valence-electron chi connectivity index (χ3n) is 2.60. The van der Waals surface area contributed by atoms with Gasteiger partial charge in [0.05, 0.1) is 0 Å². The van der Waals surface area contributed by atoms with Gasteiger partial charge in [0.1, 0.15) is 11.2 Å². The first kappa shape index (κ1) is 10.5. The first-order valence-corrected chi connectivity index (χ1v) is 5.52. The van der Waals surface area contributed by atoms with Crippen LogP contribution in [0.25, 0.3) is 11.2 Å². The highest BCUT2D eigenvalue weighted by atomic mass is 16.1. The van der Waals surface area contributed by atoms with Crippen LogP contribution in [-0.2, 0) is 0 Å². The molecular formula is C14H9N3O. The second-order valence-corrected chi connectivity index (χ2v) is 3.79. The van der Waals surface area contributed by atoms with Crippen LogP contribution in [0.3, 0.4) is 0 Å². The number of carbonyl (C=O) groups excluding carboxylic acids is 1. The summed E-state index contributed by atoms with van der Waals surface area (Å²) >= 11 is 0. The minimum absolute atomic E-state index is 0.108. The van der Waals surface area contributed by atoms with Gasteiger partial charge in [-0.1, -0.05) is 30.3 Å². The maximum Gasteiger partial charge on any atom is 0.211 e. The molecule has 0 fully saturated rings. The molecule has 1 aromatic carbocycles. The maximum absolute atomic E-state index is 12.2. The molecule has 2 aromatic heterocycles. The highest BCUT2D eigenvalue weighted by molar-refractivity contribution is 6.08. The Bertz CT molecular complexity index is 710. The fourth-order valence-corrected chi connectivity index (χ4v) is 1.72. The third-order valence-corrected chi connectivity index (χ3v) is 2.60. The number of aromatic nitrogens is 3. The molecule has 3 rings (SSSR count). The minimum atomic E-state index is -0.108. The van der Waals surface area contributed by atoms with E-state index < -0.39 is 0 Å². The van der Waals surface area contributed by atoms with Crippen molar-refractivity contribution in [2.45, 2.75) is 0 Å². The van der Waals surface area contributed by atoms with Gasteiger partial charge in [0.25, 0.3) is 0 Å². The Kier molecular flexibility index (Phi) is 2.53. The van der Waals surface area contributed by atoms with E-state index in [-0.39, 0.29) is 5.78 Å². The van der Waals surface area contributed by atoms with E-state index >= 15 is 0 Å². The number of ketones is 1. The molecular weight excluding hydrogens is 226 g/mol. The largest absolute Gasteiger partial charge is 0.287 e. The summed E-state index contributed by atoms with van der Waals surface area (Å²) in [6.45, 7) is 0. The van der Waals surface area contributed by atoms with Crippen molar-refractivity contribution >= 4 is 16.9 Å². The van der Waals surface area contributed by atoms with Gasteiger partial charge < -0.3 is 0 Å². The van der Waals surface area contributed by atoms with Gasteiger partial charge in [0.15, 0.2) is 5.65 Å². The summed E-state index contributed by atoms with van der Waals surface area (Å²) in [5.41, 5.74) is 2.17. The molecule has 86 valence electrons. The molecule has 0 unspecified atom stereocenters. The van der Waals surface area contributed by atoms with E-state index in [0.29, 0.717) is 22.4 Å². The first-order chi connectivity index (χ1) is 8.84. The predicted molar refractivity (Wildman–Crippen MR) is 67.2 cm³/mol. The van der Waals surface area contributed by atoms with Crippen molar-refractivity contribution in [3.8, 4) is 0 Å². The van der Waals surface area contributed by atoms with Gasteiger partial charge in [0.2, 0.25) is 5.78 Å². The Labute approximate surface area is 103 Å². The van der Waals surface area contributed by atoms with Gasteiger partial charge in [-0.3, -0.25) is 9.78 Å². The van der Waals surface area contributed by atoms with Crippen LogP contribution < -0.4 is 0 Å². The van der Waals surface area contributed by atoms with Gasteiger partial charge >= 0.3 is 0 Å². The van der Waals surface area contributed by atoms with Crippen molar-refractivity contribution in [1.82, 2.24) is 15.0 Å². The Balaban J connectivity index is 2.07. The molecule has 0 N–H and O–H groups in total. The average molecular weight is 235 g/mol. The molecule has 0 saturated carbocycles. The molecule has 2 heterocycles. The molecule has 0 aliphatic carbocycles. The van der Waals surface area contributed by atoms with Crippen LogP contribution in [0.15, 0.2) is 54.9 Å². The molecule has 4 nitrogen and oxygen atoms in total. The molecule has 4 heteroatoms. The van der Waals surface area contributed by atoms with Crippen LogP contribution in [0.1, 0.15) is 16.1 Å². The lowest BCUT2D eigenvalue weighted by Gasteiger charge is -2.01. The lowest BCUT2D eigenvalue weighted by atomic mass is 10.1. The Hall–Kier alpha value is -2.62. The minimum Gasteiger partial charge on any atom is -0.287 e. The van der Waals surface area contributed by atoms with Gasteiger partial charge in [-0.15, -0.1) is 0 Å². The summed E-state index contributed by atoms with van der Waals surface area (Å²) in [4.78, 5) is 24.6. The van der Waals surface area contributed by atoms with Crippen LogP contribution in [0, 0.1) is 0 Å². The predicted octanol–water partition coefficient (Wildman–Crippen LogP) is 2.26. The van der Waals surface area contributed by atoms with Crippen molar-refractivity contribution < 1.29 is 4.79 Å². The number of carbonyl (C=O) groups is 1. The van der Waals surface area contributed by atoms with Crippen LogP contribution >= 0.6 is 0 Å². The molecule has 0 aliphatic rings. The van der Waals surface area contributed by atoms with Gasteiger partial charge in [0, 0.05) is 18.0 Å². The molecule has 0 spiro atoms. The van der Waals surface area contributed by atoms with Crippen molar-refractivity contribution in [1.29, 1.82) is 0 Å². The third kappa shape index (κ3) is 1.84. The second kappa shape index (κ2) is 4.33. The lowest BCUT2D eigenvalue weighted by Crippen LogP contribution is -2.04. The monoisotopic (exact) mass is 235 g/mol. The smallest absolute Gasteiger partial charge is 0.211 e. The van der Waals surface area contributed by atoms with Crippen LogP contribution in [-0.4, -0.2) is 20.7 Å². The van der Waals surface area contributed by atoms with E-state index in [1.807, 2.05) is 18.2 Å². The zero-order chi connectivity index (χ0) is 12.4. The fourth-order valence-electron chi connectivity index (χ4n) is 1.72. The van der Waals surface area contributed by atoms with Crippen molar-refractivity contribution in [3.63, 3.8) is 0 Å². The van der Waals surface area contributed by atoms with E-state index in [4.69, 9.17) is 0 Å². The number of hydrogen-bond acceptors (Lipinski definition) is 4. The summed E-state index contributed by atoms with van der Waals surface area (Å²) in [6, 6.07) is 12.5. The number of nitrogens with zero attached hydrogens (tertiary/aromatic N) is 3. The molecule has 0 radical (unpaired) electrons. The number of pyridine rings is 1. The summed E-state index contributed by atoms with van der Waals surface area (Å²) in [5.74, 6) is -0.108. The quantitative estimate of drug-likeness (QED) is 0.639. The van der Waals surface area contributed by atoms with Crippen LogP contribution in [0.4, 0.5) is 0 Å². The van der Waals surface area contributed by atoms with Gasteiger partial charge in [-0.2, -0.15) is 0 Å². The highest BCUT2D eigenvalue weighted by Gasteiger charge is 2.10. The van der Waals surface area contributed by atoms with Gasteiger partial charge in [-0.25, -0.2) is 9.97 Å². The Morgan fingerprint density at radius 1 is 0.889 bits per heavy atom. The number of benzene rings is 1. The summed E-state index contributed by atoms with van der Waals surface area (Å²) in [6.07, 6.45) is 3.16. The molecule has 0 amide bonds. The van der Waals surface area contributed by atoms with E-state index in [0.717, 1.165) is 0 Å². The molecule has 0 saturated heterocycles. The fraction of sp³-hybridized carbons (Fsp3) is 0. The van der Waals surface area contributed by atoms with E-state index in [2.05, 4.69) is 15.0 Å². The number of fused-ring (bicyclic) bond motifs is 1. The summed E-state index contributed by atoms with van der Waals surface area (Å²) in [7, 11) is 0. The van der Waals surface area contributed by atoms with E-state index in [1.165, 1.54) is 0 Å². The molecule has 0 atom stereocenters.